The van der Waals surface area contributed by atoms with Gasteiger partial charge in [-0.3, -0.25) is 14.3 Å². The van der Waals surface area contributed by atoms with Crippen molar-refractivity contribution in [1.29, 1.82) is 0 Å². The molecule has 5 rings (SSSR count). The summed E-state index contributed by atoms with van der Waals surface area (Å²) < 4.78 is 1.90. The van der Waals surface area contributed by atoms with Crippen LogP contribution in [0.5, 0.6) is 0 Å². The van der Waals surface area contributed by atoms with Crippen LogP contribution < -0.4 is 5.32 Å². The number of hydrogen-bond donors (Lipinski definition) is 1. The monoisotopic (exact) mass is 434 g/mol. The Labute approximate surface area is 190 Å². The third kappa shape index (κ3) is 3.96. The fourth-order valence-electron chi connectivity index (χ4n) is 5.60. The number of piperidine rings is 1. The number of benzene rings is 1. The van der Waals surface area contributed by atoms with E-state index < -0.39 is 0 Å². The van der Waals surface area contributed by atoms with Gasteiger partial charge < -0.3 is 10.2 Å². The van der Waals surface area contributed by atoms with Gasteiger partial charge in [0, 0.05) is 43.4 Å². The molecular weight excluding hydrogens is 400 g/mol. The molecule has 3 fully saturated rings. The molecule has 2 saturated carbocycles. The molecule has 6 heteroatoms. The van der Waals surface area contributed by atoms with E-state index in [9.17, 15) is 9.59 Å². The Kier molecular flexibility index (Phi) is 5.34. The summed E-state index contributed by atoms with van der Waals surface area (Å²) >= 11 is 0. The SMILES string of the molecule is CCn1cc(C(=O)N2CCC3(CC2)CC(NC(=O)c2ccc(C)cc2C)C3)c(C2CC2)n1. The Bertz CT molecular complexity index is 1040. The first-order chi connectivity index (χ1) is 15.4. The van der Waals surface area contributed by atoms with Crippen molar-refractivity contribution in [2.24, 2.45) is 5.41 Å². The molecule has 1 aromatic heterocycles. The van der Waals surface area contributed by atoms with Crippen molar-refractivity contribution in [3.05, 3.63) is 52.3 Å². The molecule has 1 aliphatic heterocycles. The lowest BCUT2D eigenvalue weighted by atomic mass is 9.60. The molecule has 2 amide bonds. The van der Waals surface area contributed by atoms with Crippen LogP contribution in [0.1, 0.15) is 88.9 Å². The minimum absolute atomic E-state index is 0.0375. The van der Waals surface area contributed by atoms with Crippen molar-refractivity contribution in [3.8, 4) is 0 Å². The quantitative estimate of drug-likeness (QED) is 0.766. The van der Waals surface area contributed by atoms with E-state index in [1.165, 1.54) is 5.56 Å². The molecule has 1 spiro atoms. The zero-order chi connectivity index (χ0) is 22.5. The number of rotatable bonds is 5. The second-order valence-electron chi connectivity index (χ2n) is 10.2. The van der Waals surface area contributed by atoms with Crippen LogP contribution in [-0.4, -0.2) is 45.6 Å². The topological polar surface area (TPSA) is 67.2 Å². The molecule has 0 unspecified atom stereocenters. The van der Waals surface area contributed by atoms with Gasteiger partial charge in [-0.15, -0.1) is 0 Å². The summed E-state index contributed by atoms with van der Waals surface area (Å²) in [4.78, 5) is 28.0. The highest BCUT2D eigenvalue weighted by Crippen LogP contribution is 2.49. The number of nitrogens with one attached hydrogen (secondary N) is 1. The van der Waals surface area contributed by atoms with E-state index in [4.69, 9.17) is 0 Å². The summed E-state index contributed by atoms with van der Waals surface area (Å²) in [6.45, 7) is 8.51. The van der Waals surface area contributed by atoms with Gasteiger partial charge in [-0.05, 0) is 76.3 Å². The van der Waals surface area contributed by atoms with Crippen molar-refractivity contribution < 1.29 is 9.59 Å². The summed E-state index contributed by atoms with van der Waals surface area (Å²) in [5, 5.41) is 7.89. The van der Waals surface area contributed by atoms with E-state index in [2.05, 4.69) is 23.4 Å². The first-order valence-corrected chi connectivity index (χ1v) is 12.1. The smallest absolute Gasteiger partial charge is 0.257 e. The van der Waals surface area contributed by atoms with Crippen LogP contribution in [0.3, 0.4) is 0 Å². The van der Waals surface area contributed by atoms with Gasteiger partial charge in [0.25, 0.3) is 11.8 Å². The first-order valence-electron chi connectivity index (χ1n) is 12.1. The van der Waals surface area contributed by atoms with Crippen molar-refractivity contribution in [1.82, 2.24) is 20.0 Å². The van der Waals surface area contributed by atoms with Gasteiger partial charge in [-0.25, -0.2) is 0 Å². The highest BCUT2D eigenvalue weighted by molar-refractivity contribution is 5.96. The summed E-state index contributed by atoms with van der Waals surface area (Å²) in [7, 11) is 0. The summed E-state index contributed by atoms with van der Waals surface area (Å²) in [6.07, 6.45) is 8.34. The van der Waals surface area contributed by atoms with Crippen LogP contribution >= 0.6 is 0 Å². The second-order valence-corrected chi connectivity index (χ2v) is 10.2. The van der Waals surface area contributed by atoms with Crippen LogP contribution in [0, 0.1) is 19.3 Å². The standard InChI is InChI=1S/C26H34N4O2/c1-4-30-16-22(23(28-30)19-6-7-19)25(32)29-11-9-26(10-12-29)14-20(15-26)27-24(31)21-8-5-17(2)13-18(21)3/h5,8,13,16,19-20H,4,6-7,9-12,14-15H2,1-3H3,(H,27,31). The highest BCUT2D eigenvalue weighted by Gasteiger charge is 2.47. The predicted octanol–water partition coefficient (Wildman–Crippen LogP) is 4.21. The number of amides is 2. The van der Waals surface area contributed by atoms with Crippen LogP contribution in [0.25, 0.3) is 0 Å². The summed E-state index contributed by atoms with van der Waals surface area (Å²) in [5.41, 5.74) is 5.09. The largest absolute Gasteiger partial charge is 0.349 e. The van der Waals surface area contributed by atoms with E-state index >= 15 is 0 Å². The molecule has 6 nitrogen and oxygen atoms in total. The second kappa shape index (κ2) is 8.05. The normalized spacial score (nSPS) is 20.3. The predicted molar refractivity (Wildman–Crippen MR) is 124 cm³/mol. The molecule has 1 N–H and O–H groups in total. The molecule has 3 aliphatic rings. The van der Waals surface area contributed by atoms with E-state index in [1.807, 2.05) is 41.8 Å². The van der Waals surface area contributed by atoms with Gasteiger partial charge in [0.05, 0.1) is 11.3 Å². The minimum Gasteiger partial charge on any atom is -0.349 e. The van der Waals surface area contributed by atoms with Crippen molar-refractivity contribution in [3.63, 3.8) is 0 Å². The van der Waals surface area contributed by atoms with E-state index in [0.29, 0.717) is 5.92 Å². The Balaban J connectivity index is 1.15. The Morgan fingerprint density at radius 2 is 1.84 bits per heavy atom. The molecule has 1 aromatic carbocycles. The van der Waals surface area contributed by atoms with Crippen molar-refractivity contribution in [2.45, 2.75) is 77.8 Å². The zero-order valence-corrected chi connectivity index (χ0v) is 19.5. The van der Waals surface area contributed by atoms with Crippen LogP contribution in [0.15, 0.2) is 24.4 Å². The number of aromatic nitrogens is 2. The minimum atomic E-state index is 0.0375. The number of carbonyl (C=O) groups excluding carboxylic acids is 2. The van der Waals surface area contributed by atoms with Crippen LogP contribution in [0.2, 0.25) is 0 Å². The molecule has 2 heterocycles. The molecule has 0 radical (unpaired) electrons. The summed E-state index contributed by atoms with van der Waals surface area (Å²) in [6, 6.07) is 6.22. The molecule has 2 aromatic rings. The molecule has 0 bridgehead atoms. The molecule has 1 saturated heterocycles. The third-order valence-electron chi connectivity index (χ3n) is 7.74. The van der Waals surface area contributed by atoms with Crippen LogP contribution in [0.4, 0.5) is 0 Å². The first kappa shape index (κ1) is 21.2. The molecule has 0 atom stereocenters. The van der Waals surface area contributed by atoms with Crippen LogP contribution in [-0.2, 0) is 6.54 Å². The Hall–Kier alpha value is -2.63. The Morgan fingerprint density at radius 3 is 2.47 bits per heavy atom. The van der Waals surface area contributed by atoms with Gasteiger partial charge in [0.1, 0.15) is 0 Å². The van der Waals surface area contributed by atoms with Gasteiger partial charge in [0.2, 0.25) is 0 Å². The lowest BCUT2D eigenvalue weighted by molar-refractivity contribution is 0.00859. The Morgan fingerprint density at radius 1 is 1.12 bits per heavy atom. The maximum absolute atomic E-state index is 13.2. The van der Waals surface area contributed by atoms with Gasteiger partial charge >= 0.3 is 0 Å². The van der Waals surface area contributed by atoms with E-state index in [1.54, 1.807) is 0 Å². The number of carbonyl (C=O) groups is 2. The maximum Gasteiger partial charge on any atom is 0.257 e. The fraction of sp³-hybridized carbons (Fsp3) is 0.577. The number of aryl methyl sites for hydroxylation is 3. The lowest BCUT2D eigenvalue weighted by Crippen LogP contribution is -2.55. The highest BCUT2D eigenvalue weighted by atomic mass is 16.2. The summed E-state index contributed by atoms with van der Waals surface area (Å²) in [5.74, 6) is 0.669. The molecule has 170 valence electrons. The number of likely N-dealkylation sites (tertiary alicyclic amines) is 1. The van der Waals surface area contributed by atoms with Crippen molar-refractivity contribution >= 4 is 11.8 Å². The van der Waals surface area contributed by atoms with E-state index in [-0.39, 0.29) is 23.3 Å². The average molecular weight is 435 g/mol. The van der Waals surface area contributed by atoms with Gasteiger partial charge in [-0.1, -0.05) is 17.7 Å². The molecular formula is C26H34N4O2. The molecule has 2 aliphatic carbocycles. The number of hydrogen-bond acceptors (Lipinski definition) is 3. The van der Waals surface area contributed by atoms with Crippen molar-refractivity contribution in [2.75, 3.05) is 13.1 Å². The van der Waals surface area contributed by atoms with E-state index in [0.717, 1.165) is 80.5 Å². The third-order valence-corrected chi connectivity index (χ3v) is 7.74. The maximum atomic E-state index is 13.2. The fourth-order valence-corrected chi connectivity index (χ4v) is 5.60. The zero-order valence-electron chi connectivity index (χ0n) is 19.5. The number of nitrogens with zero attached hydrogens (tertiary/aromatic N) is 3. The molecule has 32 heavy (non-hydrogen) atoms. The van der Waals surface area contributed by atoms with Gasteiger partial charge in [0.15, 0.2) is 0 Å². The van der Waals surface area contributed by atoms with Gasteiger partial charge in [-0.2, -0.15) is 5.10 Å². The lowest BCUT2D eigenvalue weighted by Gasteiger charge is -2.52. The average Bonchev–Trinajstić information content (AvgIpc) is 3.51.